The molecule has 0 saturated heterocycles. The number of aryl methyl sites for hydroxylation is 1. The molecule has 1 unspecified atom stereocenters. The number of rotatable bonds is 5. The third kappa shape index (κ3) is 4.54. The number of nitrogens with zero attached hydrogens (tertiary/aromatic N) is 4. The van der Waals surface area contributed by atoms with Crippen molar-refractivity contribution in [2.75, 3.05) is 6.54 Å². The molecule has 0 aliphatic heterocycles. The molecule has 0 fully saturated rings. The Bertz CT molecular complexity index is 679. The highest BCUT2D eigenvalue weighted by molar-refractivity contribution is 9.10. The Morgan fingerprint density at radius 2 is 2.09 bits per heavy atom. The van der Waals surface area contributed by atoms with Crippen molar-refractivity contribution in [3.63, 3.8) is 0 Å². The summed E-state index contributed by atoms with van der Waals surface area (Å²) < 4.78 is 3.03. The van der Waals surface area contributed by atoms with Gasteiger partial charge in [-0.25, -0.2) is 4.99 Å². The smallest absolute Gasteiger partial charge is 0.192 e. The van der Waals surface area contributed by atoms with Crippen molar-refractivity contribution in [1.82, 2.24) is 25.4 Å². The monoisotopic (exact) mass is 378 g/mol. The van der Waals surface area contributed by atoms with Gasteiger partial charge >= 0.3 is 0 Å². The van der Waals surface area contributed by atoms with Crippen molar-refractivity contribution >= 4 is 21.9 Å². The Hall–Kier alpha value is -1.89. The zero-order chi connectivity index (χ0) is 16.8. The van der Waals surface area contributed by atoms with E-state index in [0.717, 1.165) is 28.6 Å². The topological polar surface area (TPSA) is 67.1 Å². The second-order valence-electron chi connectivity index (χ2n) is 5.31. The minimum Gasteiger partial charge on any atom is -0.357 e. The van der Waals surface area contributed by atoms with E-state index in [1.165, 1.54) is 5.56 Å². The van der Waals surface area contributed by atoms with Crippen LogP contribution < -0.4 is 10.6 Å². The zero-order valence-corrected chi connectivity index (χ0v) is 15.6. The molecule has 0 spiro atoms. The molecule has 0 aliphatic rings. The van der Waals surface area contributed by atoms with Crippen molar-refractivity contribution in [3.8, 4) is 0 Å². The summed E-state index contributed by atoms with van der Waals surface area (Å²) >= 11 is 3.59. The molecule has 0 aliphatic carbocycles. The molecule has 0 saturated carbocycles. The van der Waals surface area contributed by atoms with Crippen molar-refractivity contribution in [2.45, 2.75) is 33.4 Å². The number of hydrogen-bond acceptors (Lipinski definition) is 3. The molecule has 6 nitrogen and oxygen atoms in total. The van der Waals surface area contributed by atoms with Crippen LogP contribution >= 0.6 is 15.9 Å². The van der Waals surface area contributed by atoms with Crippen LogP contribution in [0.1, 0.15) is 37.1 Å². The molecule has 0 amide bonds. The van der Waals surface area contributed by atoms with Gasteiger partial charge in [0.25, 0.3) is 0 Å². The third-order valence-corrected chi connectivity index (χ3v) is 4.35. The van der Waals surface area contributed by atoms with E-state index in [1.807, 2.05) is 43.7 Å². The summed E-state index contributed by atoms with van der Waals surface area (Å²) in [6.07, 6.45) is 0. The number of aliphatic imine (C=N–C) groups is 1. The van der Waals surface area contributed by atoms with Crippen molar-refractivity contribution < 1.29 is 0 Å². The molecule has 2 rings (SSSR count). The highest BCUT2D eigenvalue weighted by Gasteiger charge is 2.11. The van der Waals surface area contributed by atoms with E-state index in [9.17, 15) is 0 Å². The van der Waals surface area contributed by atoms with E-state index in [0.29, 0.717) is 6.54 Å². The lowest BCUT2D eigenvalue weighted by Gasteiger charge is -2.19. The van der Waals surface area contributed by atoms with E-state index in [4.69, 9.17) is 0 Å². The second-order valence-corrected chi connectivity index (χ2v) is 6.16. The van der Waals surface area contributed by atoms with Crippen LogP contribution in [0.5, 0.6) is 0 Å². The quantitative estimate of drug-likeness (QED) is 0.619. The van der Waals surface area contributed by atoms with Crippen LogP contribution in [-0.4, -0.2) is 27.3 Å². The van der Waals surface area contributed by atoms with Crippen molar-refractivity contribution in [3.05, 3.63) is 46.0 Å². The van der Waals surface area contributed by atoms with Crippen LogP contribution in [0.2, 0.25) is 0 Å². The normalized spacial score (nSPS) is 13.0. The fourth-order valence-electron chi connectivity index (χ4n) is 2.17. The first-order chi connectivity index (χ1) is 11.0. The minimum atomic E-state index is 0.129. The van der Waals surface area contributed by atoms with E-state index in [-0.39, 0.29) is 6.04 Å². The third-order valence-electron chi connectivity index (χ3n) is 3.63. The number of halogens is 1. The van der Waals surface area contributed by atoms with Gasteiger partial charge in [0.2, 0.25) is 0 Å². The number of nitrogens with one attached hydrogen (secondary N) is 2. The standard InChI is InChI=1S/C16H23BrN6/c1-5-18-16(19-10-15-22-21-12(3)23(15)4)20-11(2)13-8-6-7-9-14(13)17/h6-9,11H,5,10H2,1-4H3,(H2,18,19,20). The lowest BCUT2D eigenvalue weighted by atomic mass is 10.1. The molecule has 2 N–H and O–H groups in total. The molecular formula is C16H23BrN6. The summed E-state index contributed by atoms with van der Waals surface area (Å²) in [4.78, 5) is 4.61. The van der Waals surface area contributed by atoms with Crippen LogP contribution in [-0.2, 0) is 13.6 Å². The maximum atomic E-state index is 4.61. The van der Waals surface area contributed by atoms with E-state index < -0.39 is 0 Å². The largest absolute Gasteiger partial charge is 0.357 e. The van der Waals surface area contributed by atoms with Gasteiger partial charge in [-0.15, -0.1) is 10.2 Å². The van der Waals surface area contributed by atoms with Gasteiger partial charge in [-0.1, -0.05) is 34.1 Å². The average molecular weight is 379 g/mol. The van der Waals surface area contributed by atoms with E-state index in [1.54, 1.807) is 0 Å². The van der Waals surface area contributed by atoms with Gasteiger partial charge in [0.1, 0.15) is 12.4 Å². The predicted molar refractivity (Wildman–Crippen MR) is 96.2 cm³/mol. The van der Waals surface area contributed by atoms with Crippen molar-refractivity contribution in [1.29, 1.82) is 0 Å². The number of hydrogen-bond donors (Lipinski definition) is 2. The SMILES string of the molecule is CCNC(=NCc1nnc(C)n1C)NC(C)c1ccccc1Br. The number of aromatic nitrogens is 3. The number of benzene rings is 1. The second kappa shape index (κ2) is 8.10. The highest BCUT2D eigenvalue weighted by Crippen LogP contribution is 2.22. The predicted octanol–water partition coefficient (Wildman–Crippen LogP) is 2.70. The lowest BCUT2D eigenvalue weighted by Crippen LogP contribution is -2.38. The van der Waals surface area contributed by atoms with Crippen LogP contribution in [0.15, 0.2) is 33.7 Å². The fraction of sp³-hybridized carbons (Fsp3) is 0.438. The zero-order valence-electron chi connectivity index (χ0n) is 14.0. The Morgan fingerprint density at radius 1 is 1.35 bits per heavy atom. The van der Waals surface area contributed by atoms with Gasteiger partial charge in [0, 0.05) is 18.1 Å². The molecule has 1 atom stereocenters. The molecule has 124 valence electrons. The van der Waals surface area contributed by atoms with Crippen LogP contribution in [0.4, 0.5) is 0 Å². The Kier molecular flexibility index (Phi) is 6.15. The summed E-state index contributed by atoms with van der Waals surface area (Å²) in [7, 11) is 1.95. The van der Waals surface area contributed by atoms with Crippen LogP contribution in [0, 0.1) is 6.92 Å². The Balaban J connectivity index is 2.10. The summed E-state index contributed by atoms with van der Waals surface area (Å²) in [5, 5.41) is 14.9. The molecule has 1 aromatic carbocycles. The first-order valence-electron chi connectivity index (χ1n) is 7.67. The molecular weight excluding hydrogens is 356 g/mol. The van der Waals surface area contributed by atoms with Gasteiger partial charge in [-0.05, 0) is 32.4 Å². The maximum absolute atomic E-state index is 4.61. The first-order valence-corrected chi connectivity index (χ1v) is 8.46. The van der Waals surface area contributed by atoms with E-state index in [2.05, 4.69) is 54.7 Å². The van der Waals surface area contributed by atoms with Gasteiger partial charge in [-0.3, -0.25) is 0 Å². The fourth-order valence-corrected chi connectivity index (χ4v) is 2.80. The lowest BCUT2D eigenvalue weighted by molar-refractivity contribution is 0.678. The molecule has 0 bridgehead atoms. The van der Waals surface area contributed by atoms with Crippen molar-refractivity contribution in [2.24, 2.45) is 12.0 Å². The maximum Gasteiger partial charge on any atom is 0.192 e. The minimum absolute atomic E-state index is 0.129. The summed E-state index contributed by atoms with van der Waals surface area (Å²) in [6.45, 7) is 7.37. The summed E-state index contributed by atoms with van der Waals surface area (Å²) in [5.74, 6) is 2.49. The molecule has 2 aromatic rings. The summed E-state index contributed by atoms with van der Waals surface area (Å²) in [5.41, 5.74) is 1.19. The number of guanidine groups is 1. The van der Waals surface area contributed by atoms with Gasteiger partial charge < -0.3 is 15.2 Å². The average Bonchev–Trinajstić information content (AvgIpc) is 2.85. The first kappa shape index (κ1) is 17.5. The molecule has 23 heavy (non-hydrogen) atoms. The molecule has 1 heterocycles. The van der Waals surface area contributed by atoms with Crippen LogP contribution in [0.3, 0.4) is 0 Å². The van der Waals surface area contributed by atoms with Crippen LogP contribution in [0.25, 0.3) is 0 Å². The van der Waals surface area contributed by atoms with Gasteiger partial charge in [0.05, 0.1) is 6.04 Å². The summed E-state index contributed by atoms with van der Waals surface area (Å²) in [6, 6.07) is 8.31. The van der Waals surface area contributed by atoms with E-state index >= 15 is 0 Å². The molecule has 7 heteroatoms. The Labute approximate surface area is 145 Å². The van der Waals surface area contributed by atoms with Gasteiger partial charge in [-0.2, -0.15) is 0 Å². The molecule has 1 aromatic heterocycles. The van der Waals surface area contributed by atoms with Gasteiger partial charge in [0.15, 0.2) is 11.8 Å². The Morgan fingerprint density at radius 3 is 2.70 bits per heavy atom. The molecule has 0 radical (unpaired) electrons. The highest BCUT2D eigenvalue weighted by atomic mass is 79.9.